The molecule has 1 atom stereocenters. The molecule has 0 saturated heterocycles. The zero-order valence-electron chi connectivity index (χ0n) is 7.77. The minimum atomic E-state index is -0.561. The predicted octanol–water partition coefficient (Wildman–Crippen LogP) is 0.105. The molecule has 0 aliphatic carbocycles. The smallest absolute Gasteiger partial charge is 0.327 e. The first-order valence-corrected chi connectivity index (χ1v) is 4.40. The van der Waals surface area contributed by atoms with Crippen molar-refractivity contribution in [2.75, 3.05) is 0 Å². The van der Waals surface area contributed by atoms with Gasteiger partial charge in [0.05, 0.1) is 18.2 Å². The molecule has 5 heteroatoms. The molecule has 0 aromatic carbocycles. The molecular weight excluding hydrogens is 182 g/mol. The van der Waals surface area contributed by atoms with Crippen LogP contribution in [0.5, 0.6) is 0 Å². The van der Waals surface area contributed by atoms with Crippen molar-refractivity contribution in [2.45, 2.75) is 19.6 Å². The summed E-state index contributed by atoms with van der Waals surface area (Å²) in [4.78, 5) is 18.2. The van der Waals surface area contributed by atoms with E-state index in [9.17, 15) is 9.90 Å². The van der Waals surface area contributed by atoms with Crippen LogP contribution in [0.25, 0.3) is 11.2 Å². The van der Waals surface area contributed by atoms with Gasteiger partial charge < -0.3 is 10.1 Å². The quantitative estimate of drug-likeness (QED) is 0.710. The van der Waals surface area contributed by atoms with E-state index in [4.69, 9.17) is 0 Å². The highest BCUT2D eigenvalue weighted by Crippen LogP contribution is 2.05. The summed E-state index contributed by atoms with van der Waals surface area (Å²) in [6, 6.07) is 3.53. The molecular formula is C9H11N3O2. The number of rotatable bonds is 2. The molecule has 0 fully saturated rings. The molecule has 2 N–H and O–H groups in total. The molecule has 0 radical (unpaired) electrons. The predicted molar refractivity (Wildman–Crippen MR) is 52.0 cm³/mol. The number of aliphatic hydroxyl groups excluding tert-OH is 1. The van der Waals surface area contributed by atoms with E-state index >= 15 is 0 Å². The number of aliphatic hydroxyl groups is 1. The Kier molecular flexibility index (Phi) is 2.09. The number of hydrogen-bond acceptors (Lipinski definition) is 3. The van der Waals surface area contributed by atoms with E-state index in [0.717, 1.165) is 0 Å². The summed E-state index contributed by atoms with van der Waals surface area (Å²) in [5.41, 5.74) is 1.04. The molecule has 5 nitrogen and oxygen atoms in total. The van der Waals surface area contributed by atoms with E-state index in [-0.39, 0.29) is 12.2 Å². The van der Waals surface area contributed by atoms with E-state index in [2.05, 4.69) is 9.97 Å². The average Bonchev–Trinajstić information content (AvgIpc) is 2.43. The summed E-state index contributed by atoms with van der Waals surface area (Å²) >= 11 is 0. The van der Waals surface area contributed by atoms with E-state index in [1.807, 2.05) is 0 Å². The molecule has 2 aromatic heterocycles. The number of aromatic nitrogens is 3. The highest BCUT2D eigenvalue weighted by molar-refractivity contribution is 5.69. The Labute approximate surface area is 80.0 Å². The third-order valence-corrected chi connectivity index (χ3v) is 1.98. The van der Waals surface area contributed by atoms with Crippen LogP contribution < -0.4 is 5.69 Å². The van der Waals surface area contributed by atoms with Gasteiger partial charge in [0.2, 0.25) is 0 Å². The van der Waals surface area contributed by atoms with Crippen molar-refractivity contribution >= 4 is 11.2 Å². The second-order valence-electron chi connectivity index (χ2n) is 3.26. The van der Waals surface area contributed by atoms with Crippen LogP contribution in [-0.2, 0) is 6.54 Å². The van der Waals surface area contributed by atoms with Gasteiger partial charge in [-0.15, -0.1) is 0 Å². The van der Waals surface area contributed by atoms with Gasteiger partial charge in [-0.25, -0.2) is 9.78 Å². The summed E-state index contributed by atoms with van der Waals surface area (Å²) in [6.45, 7) is 1.89. The van der Waals surface area contributed by atoms with Crippen LogP contribution in [0.3, 0.4) is 0 Å². The lowest BCUT2D eigenvalue weighted by Gasteiger charge is -2.04. The lowest BCUT2D eigenvalue weighted by molar-refractivity contribution is 0.173. The van der Waals surface area contributed by atoms with Crippen LogP contribution in [0.15, 0.2) is 23.1 Å². The highest BCUT2D eigenvalue weighted by Gasteiger charge is 2.08. The average molecular weight is 193 g/mol. The molecule has 74 valence electrons. The Bertz CT molecular complexity index is 498. The fourth-order valence-corrected chi connectivity index (χ4v) is 1.42. The van der Waals surface area contributed by atoms with Crippen molar-refractivity contribution in [3.8, 4) is 0 Å². The van der Waals surface area contributed by atoms with E-state index in [1.54, 1.807) is 25.3 Å². The molecule has 14 heavy (non-hydrogen) atoms. The first-order valence-electron chi connectivity index (χ1n) is 4.40. The molecule has 2 rings (SSSR count). The third-order valence-electron chi connectivity index (χ3n) is 1.98. The molecule has 2 aromatic rings. The summed E-state index contributed by atoms with van der Waals surface area (Å²) in [5, 5.41) is 9.21. The van der Waals surface area contributed by atoms with Crippen LogP contribution in [0.1, 0.15) is 6.92 Å². The first-order chi connectivity index (χ1) is 6.68. The number of nitrogens with zero attached hydrogens (tertiary/aromatic N) is 2. The summed E-state index contributed by atoms with van der Waals surface area (Å²) in [6.07, 6.45) is 1.06. The van der Waals surface area contributed by atoms with Gasteiger partial charge in [0.25, 0.3) is 0 Å². The third kappa shape index (κ3) is 1.42. The zero-order valence-corrected chi connectivity index (χ0v) is 7.77. The van der Waals surface area contributed by atoms with Gasteiger partial charge in [0.1, 0.15) is 0 Å². The van der Waals surface area contributed by atoms with Gasteiger partial charge in [-0.3, -0.25) is 4.57 Å². The Morgan fingerprint density at radius 3 is 3.21 bits per heavy atom. The number of aromatic amines is 1. The van der Waals surface area contributed by atoms with Crippen LogP contribution in [-0.4, -0.2) is 25.7 Å². The van der Waals surface area contributed by atoms with Gasteiger partial charge in [0, 0.05) is 6.20 Å². The molecule has 0 saturated carbocycles. The van der Waals surface area contributed by atoms with Crippen molar-refractivity contribution in [3.05, 3.63) is 28.8 Å². The number of pyridine rings is 1. The Hall–Kier alpha value is -1.62. The minimum absolute atomic E-state index is 0.236. The van der Waals surface area contributed by atoms with Gasteiger partial charge in [0.15, 0.2) is 5.65 Å². The molecule has 0 aliphatic heterocycles. The maximum Gasteiger partial charge on any atom is 0.327 e. The summed E-state index contributed by atoms with van der Waals surface area (Å²) < 4.78 is 1.43. The first kappa shape index (κ1) is 8.96. The van der Waals surface area contributed by atoms with E-state index < -0.39 is 6.10 Å². The van der Waals surface area contributed by atoms with Crippen molar-refractivity contribution < 1.29 is 5.11 Å². The fourth-order valence-electron chi connectivity index (χ4n) is 1.42. The Balaban J connectivity index is 2.62. The topological polar surface area (TPSA) is 70.9 Å². The maximum atomic E-state index is 11.4. The molecule has 0 bridgehead atoms. The van der Waals surface area contributed by atoms with Gasteiger partial charge >= 0.3 is 5.69 Å². The van der Waals surface area contributed by atoms with Crippen LogP contribution in [0.4, 0.5) is 0 Å². The molecule has 0 amide bonds. The van der Waals surface area contributed by atoms with Crippen LogP contribution in [0.2, 0.25) is 0 Å². The lowest BCUT2D eigenvalue weighted by Crippen LogP contribution is -2.22. The van der Waals surface area contributed by atoms with E-state index in [1.165, 1.54) is 4.57 Å². The largest absolute Gasteiger partial charge is 0.392 e. The van der Waals surface area contributed by atoms with Crippen molar-refractivity contribution in [1.82, 2.24) is 14.5 Å². The second kappa shape index (κ2) is 3.26. The van der Waals surface area contributed by atoms with Crippen molar-refractivity contribution in [3.63, 3.8) is 0 Å². The van der Waals surface area contributed by atoms with Crippen LogP contribution >= 0.6 is 0 Å². The van der Waals surface area contributed by atoms with Crippen molar-refractivity contribution in [2.24, 2.45) is 0 Å². The highest BCUT2D eigenvalue weighted by atomic mass is 16.3. The standard InChI is InChI=1S/C9H11N3O2/c1-6(13)5-12-8-7(11-9(12)14)3-2-4-10-8/h2-4,6,13H,5H2,1H3,(H,11,14). The molecule has 0 aliphatic rings. The van der Waals surface area contributed by atoms with E-state index in [0.29, 0.717) is 11.2 Å². The van der Waals surface area contributed by atoms with Crippen LogP contribution in [0, 0.1) is 0 Å². The monoisotopic (exact) mass is 193 g/mol. The number of H-pyrrole nitrogens is 1. The number of nitrogens with one attached hydrogen (secondary N) is 1. The fraction of sp³-hybridized carbons (Fsp3) is 0.333. The maximum absolute atomic E-state index is 11.4. The Morgan fingerprint density at radius 2 is 2.50 bits per heavy atom. The van der Waals surface area contributed by atoms with Crippen molar-refractivity contribution in [1.29, 1.82) is 0 Å². The molecule has 0 spiro atoms. The molecule has 1 unspecified atom stereocenters. The zero-order chi connectivity index (χ0) is 10.1. The minimum Gasteiger partial charge on any atom is -0.392 e. The number of imidazole rings is 1. The lowest BCUT2D eigenvalue weighted by atomic mass is 10.4. The SMILES string of the molecule is CC(O)Cn1c(=O)[nH]c2cccnc21. The van der Waals surface area contributed by atoms with Gasteiger partial charge in [-0.05, 0) is 19.1 Å². The second-order valence-corrected chi connectivity index (χ2v) is 3.26. The number of fused-ring (bicyclic) bond motifs is 1. The van der Waals surface area contributed by atoms with Gasteiger partial charge in [-0.1, -0.05) is 0 Å². The van der Waals surface area contributed by atoms with Gasteiger partial charge in [-0.2, -0.15) is 0 Å². The summed E-state index contributed by atoms with van der Waals surface area (Å²) in [5.74, 6) is 0. The normalized spacial score (nSPS) is 13.3. The Morgan fingerprint density at radius 1 is 1.71 bits per heavy atom. The summed E-state index contributed by atoms with van der Waals surface area (Å²) in [7, 11) is 0. The number of hydrogen-bond donors (Lipinski definition) is 2. The molecule has 2 heterocycles.